The molecule has 0 atom stereocenters. The molecule has 154 valence electrons. The highest BCUT2D eigenvalue weighted by Crippen LogP contribution is 2.31. The maximum atomic E-state index is 13.6. The molecule has 0 N–H and O–H groups in total. The molecule has 0 spiro atoms. The average molecular weight is 425 g/mol. The number of amides is 1. The Hall–Kier alpha value is -3.10. The van der Waals surface area contributed by atoms with Crippen molar-refractivity contribution in [2.24, 2.45) is 0 Å². The number of rotatable bonds is 7. The Balaban J connectivity index is 1.64. The van der Waals surface area contributed by atoms with Gasteiger partial charge in [0.25, 0.3) is 5.91 Å². The summed E-state index contributed by atoms with van der Waals surface area (Å²) in [5, 5.41) is 4.51. The summed E-state index contributed by atoms with van der Waals surface area (Å²) in [4.78, 5) is 21.5. The summed E-state index contributed by atoms with van der Waals surface area (Å²) in [7, 11) is 3.97. The van der Waals surface area contributed by atoms with Gasteiger partial charge in [0.15, 0.2) is 16.6 Å². The first-order valence-electron chi connectivity index (χ1n) is 9.56. The fourth-order valence-corrected chi connectivity index (χ4v) is 4.10. The van der Waals surface area contributed by atoms with Crippen LogP contribution in [0.4, 0.5) is 9.52 Å². The van der Waals surface area contributed by atoms with Crippen molar-refractivity contribution in [3.63, 3.8) is 0 Å². The molecule has 4 aromatic rings. The molecule has 0 fully saturated rings. The fraction of sp³-hybridized carbons (Fsp3) is 0.227. The Morgan fingerprint density at radius 3 is 2.67 bits per heavy atom. The highest BCUT2D eigenvalue weighted by molar-refractivity contribution is 7.22. The Morgan fingerprint density at radius 2 is 1.90 bits per heavy atom. The first kappa shape index (κ1) is 20.2. The molecule has 0 unspecified atom stereocenters. The van der Waals surface area contributed by atoms with E-state index in [9.17, 15) is 9.18 Å². The zero-order valence-corrected chi connectivity index (χ0v) is 17.5. The Labute approximate surface area is 177 Å². The van der Waals surface area contributed by atoms with Crippen molar-refractivity contribution in [2.45, 2.75) is 6.42 Å². The lowest BCUT2D eigenvalue weighted by molar-refractivity contribution is 0.0977. The molecule has 0 saturated carbocycles. The third-order valence-electron chi connectivity index (χ3n) is 4.59. The van der Waals surface area contributed by atoms with E-state index in [4.69, 9.17) is 4.52 Å². The van der Waals surface area contributed by atoms with Gasteiger partial charge >= 0.3 is 0 Å². The van der Waals surface area contributed by atoms with Crippen LogP contribution in [0, 0.1) is 5.82 Å². The van der Waals surface area contributed by atoms with Gasteiger partial charge in [0.2, 0.25) is 0 Å². The number of hydrogen-bond acceptors (Lipinski definition) is 6. The summed E-state index contributed by atoms with van der Waals surface area (Å²) in [5.74, 6) is -0.0926. The van der Waals surface area contributed by atoms with Crippen molar-refractivity contribution < 1.29 is 13.7 Å². The minimum atomic E-state index is -0.327. The Bertz CT molecular complexity index is 1160. The van der Waals surface area contributed by atoms with Crippen LogP contribution in [0.2, 0.25) is 0 Å². The monoisotopic (exact) mass is 424 g/mol. The lowest BCUT2D eigenvalue weighted by Gasteiger charge is -2.19. The maximum Gasteiger partial charge on any atom is 0.282 e. The number of fused-ring (bicyclic) bond motifs is 1. The second kappa shape index (κ2) is 8.73. The summed E-state index contributed by atoms with van der Waals surface area (Å²) in [6.45, 7) is 1.28. The zero-order valence-electron chi connectivity index (χ0n) is 16.7. The van der Waals surface area contributed by atoms with Gasteiger partial charge in [-0.05, 0) is 45.3 Å². The lowest BCUT2D eigenvalue weighted by Crippen LogP contribution is -2.33. The van der Waals surface area contributed by atoms with Crippen LogP contribution in [0.15, 0.2) is 59.1 Å². The van der Waals surface area contributed by atoms with Crippen molar-refractivity contribution in [3.8, 4) is 11.3 Å². The van der Waals surface area contributed by atoms with Crippen LogP contribution < -0.4 is 4.90 Å². The van der Waals surface area contributed by atoms with E-state index in [1.54, 1.807) is 17.0 Å². The minimum absolute atomic E-state index is 0.212. The molecule has 0 aliphatic carbocycles. The van der Waals surface area contributed by atoms with E-state index in [2.05, 4.69) is 15.0 Å². The molecule has 0 radical (unpaired) electrons. The maximum absolute atomic E-state index is 13.6. The second-order valence-corrected chi connectivity index (χ2v) is 8.17. The van der Waals surface area contributed by atoms with Crippen LogP contribution in [-0.2, 0) is 0 Å². The van der Waals surface area contributed by atoms with Crippen LogP contribution in [0.3, 0.4) is 0 Å². The quantitative estimate of drug-likeness (QED) is 0.431. The number of thiazole rings is 1. The van der Waals surface area contributed by atoms with Crippen molar-refractivity contribution in [2.75, 3.05) is 32.1 Å². The molecular formula is C22H21FN4O2S. The normalized spacial score (nSPS) is 11.3. The smallest absolute Gasteiger partial charge is 0.282 e. The number of aromatic nitrogens is 2. The lowest BCUT2D eigenvalue weighted by atomic mass is 10.1. The van der Waals surface area contributed by atoms with E-state index in [-0.39, 0.29) is 17.4 Å². The van der Waals surface area contributed by atoms with E-state index in [1.165, 1.54) is 23.5 Å². The molecule has 6 nitrogen and oxygen atoms in total. The van der Waals surface area contributed by atoms with Crippen molar-refractivity contribution in [1.29, 1.82) is 0 Å². The third-order valence-corrected chi connectivity index (χ3v) is 5.63. The Kier molecular flexibility index (Phi) is 5.87. The highest BCUT2D eigenvalue weighted by Gasteiger charge is 2.24. The van der Waals surface area contributed by atoms with Crippen LogP contribution >= 0.6 is 11.3 Å². The SMILES string of the molecule is CN(C)CCCN(C(=O)c1cc(-c2ccccc2)on1)c1nc2ccc(F)cc2s1. The molecule has 4 rings (SSSR count). The van der Waals surface area contributed by atoms with Gasteiger partial charge in [0.05, 0.1) is 10.2 Å². The molecule has 0 aliphatic rings. The highest BCUT2D eigenvalue weighted by atomic mass is 32.1. The number of carbonyl (C=O) groups is 1. The predicted molar refractivity (Wildman–Crippen MR) is 116 cm³/mol. The van der Waals surface area contributed by atoms with Crippen LogP contribution in [0.1, 0.15) is 16.9 Å². The molecule has 0 saturated heterocycles. The van der Waals surface area contributed by atoms with Gasteiger partial charge in [-0.3, -0.25) is 9.69 Å². The van der Waals surface area contributed by atoms with E-state index in [0.717, 1.165) is 18.5 Å². The average Bonchev–Trinajstić information content (AvgIpc) is 3.38. The number of benzene rings is 2. The van der Waals surface area contributed by atoms with Crippen LogP contribution in [0.25, 0.3) is 21.5 Å². The first-order valence-corrected chi connectivity index (χ1v) is 10.4. The van der Waals surface area contributed by atoms with Gasteiger partial charge in [0, 0.05) is 18.2 Å². The number of halogens is 1. The Morgan fingerprint density at radius 1 is 1.10 bits per heavy atom. The summed E-state index contributed by atoms with van der Waals surface area (Å²) in [5.41, 5.74) is 1.72. The third kappa shape index (κ3) is 4.39. The molecule has 2 heterocycles. The first-order chi connectivity index (χ1) is 14.5. The molecular weight excluding hydrogens is 403 g/mol. The molecule has 0 aliphatic heterocycles. The summed E-state index contributed by atoms with van der Waals surface area (Å²) in [6.07, 6.45) is 0.756. The molecule has 8 heteroatoms. The fourth-order valence-electron chi connectivity index (χ4n) is 3.08. The number of anilines is 1. The van der Waals surface area contributed by atoms with E-state index >= 15 is 0 Å². The van der Waals surface area contributed by atoms with Crippen molar-refractivity contribution in [3.05, 3.63) is 66.1 Å². The second-order valence-electron chi connectivity index (χ2n) is 7.16. The van der Waals surface area contributed by atoms with Crippen molar-refractivity contribution in [1.82, 2.24) is 15.0 Å². The van der Waals surface area contributed by atoms with Crippen LogP contribution in [-0.4, -0.2) is 48.1 Å². The zero-order chi connectivity index (χ0) is 21.1. The van der Waals surface area contributed by atoms with Crippen LogP contribution in [0.5, 0.6) is 0 Å². The summed E-state index contributed by atoms with van der Waals surface area (Å²) >= 11 is 1.29. The molecule has 0 bridgehead atoms. The summed E-state index contributed by atoms with van der Waals surface area (Å²) in [6, 6.07) is 15.6. The molecule has 30 heavy (non-hydrogen) atoms. The number of carbonyl (C=O) groups excluding carboxylic acids is 1. The number of hydrogen-bond donors (Lipinski definition) is 0. The van der Waals surface area contributed by atoms with Gasteiger partial charge in [0.1, 0.15) is 5.82 Å². The van der Waals surface area contributed by atoms with E-state index in [1.807, 2.05) is 44.4 Å². The molecule has 2 aromatic carbocycles. The van der Waals surface area contributed by atoms with Gasteiger partial charge in [-0.25, -0.2) is 9.37 Å². The predicted octanol–water partition coefficient (Wildman–Crippen LogP) is 4.69. The van der Waals surface area contributed by atoms with Gasteiger partial charge < -0.3 is 9.42 Å². The van der Waals surface area contributed by atoms with Crippen molar-refractivity contribution >= 4 is 32.6 Å². The van der Waals surface area contributed by atoms with E-state index < -0.39 is 0 Å². The molecule has 2 aromatic heterocycles. The topological polar surface area (TPSA) is 62.5 Å². The standard InChI is InChI=1S/C22H21FN4O2S/c1-26(2)11-6-12-27(22-24-17-10-9-16(23)13-20(17)30-22)21(28)18-14-19(29-25-18)15-7-4-3-5-8-15/h3-5,7-10,13-14H,6,11-12H2,1-2H3. The van der Waals surface area contributed by atoms with Gasteiger partial charge in [-0.15, -0.1) is 0 Å². The van der Waals surface area contributed by atoms with Gasteiger partial charge in [-0.1, -0.05) is 46.8 Å². The molecule has 1 amide bonds. The number of nitrogens with zero attached hydrogens (tertiary/aromatic N) is 4. The van der Waals surface area contributed by atoms with Gasteiger partial charge in [-0.2, -0.15) is 0 Å². The largest absolute Gasteiger partial charge is 0.355 e. The van der Waals surface area contributed by atoms with E-state index in [0.29, 0.717) is 27.7 Å². The minimum Gasteiger partial charge on any atom is -0.355 e. The summed E-state index contributed by atoms with van der Waals surface area (Å²) < 4.78 is 19.7.